The Hall–Kier alpha value is -1.80. The lowest BCUT2D eigenvalue weighted by Gasteiger charge is -2.28. The Kier molecular flexibility index (Phi) is 4.58. The van der Waals surface area contributed by atoms with Gasteiger partial charge in [-0.05, 0) is 23.6 Å². The van der Waals surface area contributed by atoms with Crippen LogP contribution in [0.25, 0.3) is 0 Å². The highest BCUT2D eigenvalue weighted by molar-refractivity contribution is 5.45. The normalized spacial score (nSPS) is 14.1. The van der Waals surface area contributed by atoms with Gasteiger partial charge in [0.1, 0.15) is 0 Å². The van der Waals surface area contributed by atoms with Crippen LogP contribution in [-0.4, -0.2) is 11.2 Å². The number of hydrogen-bond acceptors (Lipinski definition) is 2. The van der Waals surface area contributed by atoms with Crippen LogP contribution in [0.2, 0.25) is 0 Å². The van der Waals surface area contributed by atoms with Crippen LogP contribution in [0.4, 0.5) is 5.69 Å². The third-order valence-corrected chi connectivity index (χ3v) is 3.28. The summed E-state index contributed by atoms with van der Waals surface area (Å²) in [5, 5.41) is 13.9. The highest BCUT2D eigenvalue weighted by atomic mass is 16.3. The van der Waals surface area contributed by atoms with Crippen molar-refractivity contribution in [2.45, 2.75) is 26.0 Å². The fraction of sp³-hybridized carbons (Fsp3) is 0.294. The first-order valence-corrected chi connectivity index (χ1v) is 6.73. The second-order valence-electron chi connectivity index (χ2n) is 5.13. The molecular weight excluding hydrogens is 234 g/mol. The molecule has 19 heavy (non-hydrogen) atoms. The Morgan fingerprint density at radius 3 is 1.89 bits per heavy atom. The van der Waals surface area contributed by atoms with Gasteiger partial charge in [-0.25, -0.2) is 0 Å². The molecule has 2 rings (SSSR count). The molecule has 0 aliphatic rings. The van der Waals surface area contributed by atoms with Crippen LogP contribution in [0.15, 0.2) is 60.7 Å². The topological polar surface area (TPSA) is 32.3 Å². The van der Waals surface area contributed by atoms with Crippen molar-refractivity contribution in [3.05, 3.63) is 66.2 Å². The summed E-state index contributed by atoms with van der Waals surface area (Å²) in [6, 6.07) is 20.0. The zero-order chi connectivity index (χ0) is 13.7. The van der Waals surface area contributed by atoms with E-state index in [1.54, 1.807) is 0 Å². The molecule has 2 atom stereocenters. The molecule has 2 aromatic rings. The van der Waals surface area contributed by atoms with E-state index in [4.69, 9.17) is 0 Å². The number of aliphatic hydroxyl groups is 1. The van der Waals surface area contributed by atoms with Gasteiger partial charge in [-0.15, -0.1) is 0 Å². The van der Waals surface area contributed by atoms with Crippen molar-refractivity contribution in [2.75, 3.05) is 5.32 Å². The third-order valence-electron chi connectivity index (χ3n) is 3.28. The van der Waals surface area contributed by atoms with E-state index in [1.807, 2.05) is 74.5 Å². The van der Waals surface area contributed by atoms with E-state index < -0.39 is 6.10 Å². The average Bonchev–Trinajstić information content (AvgIpc) is 2.46. The van der Waals surface area contributed by atoms with Gasteiger partial charge in [0, 0.05) is 5.69 Å². The Morgan fingerprint density at radius 1 is 0.842 bits per heavy atom. The van der Waals surface area contributed by atoms with E-state index in [9.17, 15) is 5.11 Å². The number of nitrogens with one attached hydrogen (secondary N) is 1. The first-order chi connectivity index (χ1) is 9.18. The largest absolute Gasteiger partial charge is 0.390 e. The molecule has 2 N–H and O–H groups in total. The van der Waals surface area contributed by atoms with Gasteiger partial charge in [-0.3, -0.25) is 0 Å². The molecule has 0 fully saturated rings. The molecule has 0 saturated heterocycles. The van der Waals surface area contributed by atoms with E-state index in [-0.39, 0.29) is 12.0 Å². The molecule has 0 saturated carbocycles. The van der Waals surface area contributed by atoms with E-state index in [0.717, 1.165) is 11.3 Å². The number of hydrogen-bond donors (Lipinski definition) is 2. The van der Waals surface area contributed by atoms with Gasteiger partial charge in [0.2, 0.25) is 0 Å². The molecule has 0 heterocycles. The standard InChI is InChI=1S/C17H21NO/c1-13(2)17(19)16(14-9-5-3-6-10-14)18-15-11-7-4-8-12-15/h3-13,16-19H,1-2H3/t16-,17+/m1/s1. The highest BCUT2D eigenvalue weighted by Gasteiger charge is 2.23. The molecule has 0 amide bonds. The second-order valence-corrected chi connectivity index (χ2v) is 5.13. The van der Waals surface area contributed by atoms with E-state index in [2.05, 4.69) is 5.32 Å². The molecular formula is C17H21NO. The lowest BCUT2D eigenvalue weighted by molar-refractivity contribution is 0.105. The quantitative estimate of drug-likeness (QED) is 0.850. The van der Waals surface area contributed by atoms with Gasteiger partial charge < -0.3 is 10.4 Å². The molecule has 100 valence electrons. The number of aliphatic hydroxyl groups excluding tert-OH is 1. The highest BCUT2D eigenvalue weighted by Crippen LogP contribution is 2.26. The minimum Gasteiger partial charge on any atom is -0.390 e. The molecule has 0 unspecified atom stereocenters. The number of para-hydroxylation sites is 1. The molecule has 0 radical (unpaired) electrons. The molecule has 2 heteroatoms. The summed E-state index contributed by atoms with van der Waals surface area (Å²) in [5.74, 6) is 0.196. The van der Waals surface area contributed by atoms with Gasteiger partial charge in [0.05, 0.1) is 12.1 Å². The minimum absolute atomic E-state index is 0.0939. The maximum Gasteiger partial charge on any atom is 0.0806 e. The average molecular weight is 255 g/mol. The molecule has 0 aliphatic heterocycles. The Morgan fingerprint density at radius 2 is 1.37 bits per heavy atom. The van der Waals surface area contributed by atoms with Crippen LogP contribution >= 0.6 is 0 Å². The summed E-state index contributed by atoms with van der Waals surface area (Å²) in [6.07, 6.45) is -0.428. The number of rotatable bonds is 5. The maximum atomic E-state index is 10.4. The van der Waals surface area contributed by atoms with Gasteiger partial charge >= 0.3 is 0 Å². The van der Waals surface area contributed by atoms with Gasteiger partial charge in [0.15, 0.2) is 0 Å². The van der Waals surface area contributed by atoms with Crippen molar-refractivity contribution in [1.29, 1.82) is 0 Å². The van der Waals surface area contributed by atoms with Crippen molar-refractivity contribution in [3.63, 3.8) is 0 Å². The summed E-state index contributed by atoms with van der Waals surface area (Å²) in [4.78, 5) is 0. The number of benzene rings is 2. The van der Waals surface area contributed by atoms with E-state index in [0.29, 0.717) is 0 Å². The second kappa shape index (κ2) is 6.39. The van der Waals surface area contributed by atoms with Gasteiger partial charge in [-0.2, -0.15) is 0 Å². The smallest absolute Gasteiger partial charge is 0.0806 e. The van der Waals surface area contributed by atoms with Crippen molar-refractivity contribution in [2.24, 2.45) is 5.92 Å². The third kappa shape index (κ3) is 3.58. The zero-order valence-electron chi connectivity index (χ0n) is 11.5. The summed E-state index contributed by atoms with van der Waals surface area (Å²) < 4.78 is 0. The van der Waals surface area contributed by atoms with Crippen molar-refractivity contribution in [1.82, 2.24) is 0 Å². The van der Waals surface area contributed by atoms with Crippen molar-refractivity contribution in [3.8, 4) is 0 Å². The fourth-order valence-corrected chi connectivity index (χ4v) is 2.13. The van der Waals surface area contributed by atoms with Crippen molar-refractivity contribution >= 4 is 5.69 Å². The Bertz CT molecular complexity index is 481. The SMILES string of the molecule is CC(C)[C@H](O)[C@H](Nc1ccccc1)c1ccccc1. The van der Waals surface area contributed by atoms with Crippen LogP contribution < -0.4 is 5.32 Å². The number of anilines is 1. The molecule has 0 bridgehead atoms. The van der Waals surface area contributed by atoms with Crippen LogP contribution in [0.1, 0.15) is 25.5 Å². The predicted octanol–water partition coefficient (Wildman–Crippen LogP) is 3.86. The summed E-state index contributed by atoms with van der Waals surface area (Å²) in [5.41, 5.74) is 2.13. The Labute approximate surface area is 115 Å². The monoisotopic (exact) mass is 255 g/mol. The Balaban J connectivity index is 2.25. The van der Waals surface area contributed by atoms with Crippen LogP contribution in [0.3, 0.4) is 0 Å². The van der Waals surface area contributed by atoms with Gasteiger partial charge in [-0.1, -0.05) is 62.4 Å². The first-order valence-electron chi connectivity index (χ1n) is 6.73. The zero-order valence-corrected chi connectivity index (χ0v) is 11.5. The molecule has 0 spiro atoms. The summed E-state index contributed by atoms with van der Waals surface area (Å²) in [7, 11) is 0. The van der Waals surface area contributed by atoms with Crippen LogP contribution in [0, 0.1) is 5.92 Å². The van der Waals surface area contributed by atoms with Crippen molar-refractivity contribution < 1.29 is 5.11 Å². The lowest BCUT2D eigenvalue weighted by atomic mass is 9.93. The van der Waals surface area contributed by atoms with Crippen LogP contribution in [-0.2, 0) is 0 Å². The molecule has 2 nitrogen and oxygen atoms in total. The summed E-state index contributed by atoms with van der Waals surface area (Å²) >= 11 is 0. The van der Waals surface area contributed by atoms with Crippen LogP contribution in [0.5, 0.6) is 0 Å². The molecule has 0 aromatic heterocycles. The fourth-order valence-electron chi connectivity index (χ4n) is 2.13. The molecule has 0 aliphatic carbocycles. The first kappa shape index (κ1) is 13.6. The van der Waals surface area contributed by atoms with E-state index in [1.165, 1.54) is 0 Å². The lowest BCUT2D eigenvalue weighted by Crippen LogP contribution is -2.29. The molecule has 2 aromatic carbocycles. The van der Waals surface area contributed by atoms with Gasteiger partial charge in [0.25, 0.3) is 0 Å². The predicted molar refractivity (Wildman–Crippen MR) is 80.1 cm³/mol. The summed E-state index contributed by atoms with van der Waals surface area (Å²) in [6.45, 7) is 4.07. The maximum absolute atomic E-state index is 10.4. The minimum atomic E-state index is -0.428. The van der Waals surface area contributed by atoms with E-state index >= 15 is 0 Å².